The van der Waals surface area contributed by atoms with E-state index in [2.05, 4.69) is 4.99 Å². The van der Waals surface area contributed by atoms with Crippen molar-refractivity contribution in [2.75, 3.05) is 12.3 Å². The van der Waals surface area contributed by atoms with Gasteiger partial charge in [0.1, 0.15) is 0 Å². The van der Waals surface area contributed by atoms with Crippen LogP contribution in [-0.2, 0) is 10.0 Å². The molecule has 0 bridgehead atoms. The van der Waals surface area contributed by atoms with Gasteiger partial charge in [0.2, 0.25) is 6.19 Å². The third-order valence-electron chi connectivity index (χ3n) is 2.49. The fourth-order valence-electron chi connectivity index (χ4n) is 1.58. The zero-order valence-corrected chi connectivity index (χ0v) is 11.3. The number of amidine groups is 1. The second-order valence-electron chi connectivity index (χ2n) is 3.73. The number of aryl methyl sites for hydroxylation is 1. The van der Waals surface area contributed by atoms with Gasteiger partial charge in [-0.3, -0.25) is 0 Å². The molecular formula is C11H11N3O2S2. The largest absolute Gasteiger partial charge is 0.265 e. The van der Waals surface area contributed by atoms with Gasteiger partial charge in [0.05, 0.1) is 4.90 Å². The van der Waals surface area contributed by atoms with Crippen LogP contribution in [0.25, 0.3) is 0 Å². The van der Waals surface area contributed by atoms with E-state index < -0.39 is 10.0 Å². The summed E-state index contributed by atoms with van der Waals surface area (Å²) in [4.78, 5) is 3.77. The standard InChI is InChI=1S/C11H11N3O2S2/c1-9-2-4-10(5-3-9)18(15,16)14-6-7-17-11(14)13-8-12/h2-5H,6-7H2,1H3. The predicted molar refractivity (Wildman–Crippen MR) is 70.6 cm³/mol. The van der Waals surface area contributed by atoms with Crippen LogP contribution in [-0.4, -0.2) is 30.2 Å². The van der Waals surface area contributed by atoms with Crippen LogP contribution >= 0.6 is 11.8 Å². The van der Waals surface area contributed by atoms with E-state index in [1.165, 1.54) is 16.1 Å². The first kappa shape index (κ1) is 12.9. The highest BCUT2D eigenvalue weighted by Gasteiger charge is 2.32. The number of rotatable bonds is 2. The number of hydrogen-bond acceptors (Lipinski definition) is 5. The maximum atomic E-state index is 12.4. The molecule has 0 spiro atoms. The third kappa shape index (κ3) is 2.35. The highest BCUT2D eigenvalue weighted by Crippen LogP contribution is 2.26. The Morgan fingerprint density at radius 1 is 1.39 bits per heavy atom. The number of sulfonamides is 1. The van der Waals surface area contributed by atoms with Gasteiger partial charge >= 0.3 is 0 Å². The summed E-state index contributed by atoms with van der Waals surface area (Å²) in [6.45, 7) is 2.24. The molecule has 0 amide bonds. The molecule has 94 valence electrons. The smallest absolute Gasteiger partial charge is 0.243 e. The van der Waals surface area contributed by atoms with E-state index in [0.29, 0.717) is 12.3 Å². The average Bonchev–Trinajstić information content (AvgIpc) is 2.79. The summed E-state index contributed by atoms with van der Waals surface area (Å²) in [6, 6.07) is 6.63. The first-order chi connectivity index (χ1) is 8.55. The lowest BCUT2D eigenvalue weighted by molar-refractivity contribution is 0.540. The Balaban J connectivity index is 2.40. The van der Waals surface area contributed by atoms with E-state index in [4.69, 9.17) is 5.26 Å². The summed E-state index contributed by atoms with van der Waals surface area (Å²) in [5.74, 6) is 0.617. The van der Waals surface area contributed by atoms with Crippen molar-refractivity contribution in [1.29, 1.82) is 5.26 Å². The van der Waals surface area contributed by atoms with Crippen LogP contribution in [0.15, 0.2) is 34.2 Å². The Morgan fingerprint density at radius 2 is 2.06 bits per heavy atom. The van der Waals surface area contributed by atoms with E-state index in [-0.39, 0.29) is 10.1 Å². The first-order valence-corrected chi connectivity index (χ1v) is 7.67. The van der Waals surface area contributed by atoms with Gasteiger partial charge in [-0.2, -0.15) is 5.26 Å². The molecule has 1 heterocycles. The number of benzene rings is 1. The highest BCUT2D eigenvalue weighted by atomic mass is 32.2. The van der Waals surface area contributed by atoms with Crippen molar-refractivity contribution >= 4 is 27.0 Å². The van der Waals surface area contributed by atoms with E-state index >= 15 is 0 Å². The molecule has 0 aliphatic carbocycles. The molecule has 1 aliphatic heterocycles. The fourth-order valence-corrected chi connectivity index (χ4v) is 4.26. The Bertz CT molecular complexity index is 615. The van der Waals surface area contributed by atoms with Crippen molar-refractivity contribution in [3.8, 4) is 6.19 Å². The number of aliphatic imine (C=N–C) groups is 1. The van der Waals surface area contributed by atoms with Crippen molar-refractivity contribution in [1.82, 2.24) is 4.31 Å². The number of hydrogen-bond donors (Lipinski definition) is 0. The second-order valence-corrected chi connectivity index (χ2v) is 6.66. The van der Waals surface area contributed by atoms with Gasteiger partial charge in [0, 0.05) is 12.3 Å². The molecule has 1 aliphatic rings. The molecule has 1 aromatic rings. The zero-order chi connectivity index (χ0) is 13.2. The lowest BCUT2D eigenvalue weighted by Gasteiger charge is -2.17. The molecule has 18 heavy (non-hydrogen) atoms. The summed E-state index contributed by atoms with van der Waals surface area (Å²) >= 11 is 1.27. The topological polar surface area (TPSA) is 73.5 Å². The van der Waals surface area contributed by atoms with Gasteiger partial charge in [0.25, 0.3) is 10.0 Å². The molecule has 7 heteroatoms. The maximum Gasteiger partial charge on any atom is 0.265 e. The maximum absolute atomic E-state index is 12.4. The first-order valence-electron chi connectivity index (χ1n) is 5.24. The summed E-state index contributed by atoms with van der Waals surface area (Å²) < 4.78 is 25.9. The van der Waals surface area contributed by atoms with Crippen LogP contribution in [0, 0.1) is 18.4 Å². The van der Waals surface area contributed by atoms with Crippen LogP contribution < -0.4 is 0 Å². The zero-order valence-electron chi connectivity index (χ0n) is 9.70. The van der Waals surface area contributed by atoms with Crippen LogP contribution in [0.1, 0.15) is 5.56 Å². The quantitative estimate of drug-likeness (QED) is 0.771. The van der Waals surface area contributed by atoms with Crippen molar-refractivity contribution in [2.45, 2.75) is 11.8 Å². The minimum absolute atomic E-state index is 0.223. The fraction of sp³-hybridized carbons (Fsp3) is 0.273. The molecular weight excluding hydrogens is 270 g/mol. The Hall–Kier alpha value is -1.52. The summed E-state index contributed by atoms with van der Waals surface area (Å²) in [7, 11) is -3.60. The minimum Gasteiger partial charge on any atom is -0.243 e. The lowest BCUT2D eigenvalue weighted by Crippen LogP contribution is -2.31. The van der Waals surface area contributed by atoms with Gasteiger partial charge in [0.15, 0.2) is 5.17 Å². The highest BCUT2D eigenvalue weighted by molar-refractivity contribution is 8.15. The van der Waals surface area contributed by atoms with Gasteiger partial charge in [-0.05, 0) is 19.1 Å². The predicted octanol–water partition coefficient (Wildman–Crippen LogP) is 1.57. The molecule has 0 unspecified atom stereocenters. The molecule has 2 rings (SSSR count). The van der Waals surface area contributed by atoms with Gasteiger partial charge in [-0.1, -0.05) is 29.5 Å². The second kappa shape index (κ2) is 5.00. The number of nitriles is 1. The van der Waals surface area contributed by atoms with Crippen LogP contribution in [0.2, 0.25) is 0 Å². The van der Waals surface area contributed by atoms with Crippen LogP contribution in [0.4, 0.5) is 0 Å². The van der Waals surface area contributed by atoms with Crippen molar-refractivity contribution in [2.24, 2.45) is 4.99 Å². The van der Waals surface area contributed by atoms with E-state index in [0.717, 1.165) is 5.56 Å². The van der Waals surface area contributed by atoms with Crippen molar-refractivity contribution in [3.05, 3.63) is 29.8 Å². The minimum atomic E-state index is -3.60. The van der Waals surface area contributed by atoms with E-state index in [9.17, 15) is 8.42 Å². The molecule has 1 fully saturated rings. The molecule has 1 saturated heterocycles. The van der Waals surface area contributed by atoms with Crippen LogP contribution in [0.3, 0.4) is 0 Å². The Kier molecular flexibility index (Phi) is 3.59. The number of thioether (sulfide) groups is 1. The Morgan fingerprint density at radius 3 is 2.67 bits per heavy atom. The van der Waals surface area contributed by atoms with Crippen molar-refractivity contribution < 1.29 is 8.42 Å². The van der Waals surface area contributed by atoms with Crippen LogP contribution in [0.5, 0.6) is 0 Å². The average molecular weight is 281 g/mol. The lowest BCUT2D eigenvalue weighted by atomic mass is 10.2. The molecule has 1 aromatic carbocycles. The number of nitrogens with zero attached hydrogens (tertiary/aromatic N) is 3. The monoisotopic (exact) mass is 281 g/mol. The van der Waals surface area contributed by atoms with Gasteiger partial charge < -0.3 is 0 Å². The van der Waals surface area contributed by atoms with E-state index in [1.807, 2.05) is 6.92 Å². The van der Waals surface area contributed by atoms with Gasteiger partial charge in [-0.15, -0.1) is 4.99 Å². The molecule has 5 nitrogen and oxygen atoms in total. The molecule has 0 radical (unpaired) electrons. The molecule has 0 saturated carbocycles. The Labute approximate surface area is 110 Å². The summed E-state index contributed by atoms with van der Waals surface area (Å²) in [5, 5.41) is 8.79. The molecule has 0 N–H and O–H groups in total. The normalized spacial score (nSPS) is 18.0. The van der Waals surface area contributed by atoms with E-state index in [1.54, 1.807) is 30.5 Å². The molecule has 0 aromatic heterocycles. The summed E-state index contributed by atoms with van der Waals surface area (Å²) in [5.41, 5.74) is 0.996. The van der Waals surface area contributed by atoms with Crippen molar-refractivity contribution in [3.63, 3.8) is 0 Å². The molecule has 0 atom stereocenters. The third-order valence-corrected chi connectivity index (χ3v) is 5.37. The SMILES string of the molecule is Cc1ccc(S(=O)(=O)N2CCSC2=NC#N)cc1. The van der Waals surface area contributed by atoms with Gasteiger partial charge in [-0.25, -0.2) is 12.7 Å². The summed E-state index contributed by atoms with van der Waals surface area (Å²) in [6.07, 6.45) is 1.63.